The van der Waals surface area contributed by atoms with Gasteiger partial charge < -0.3 is 9.73 Å². The minimum atomic E-state index is -1.00. The topological polar surface area (TPSA) is 99.9 Å². The Morgan fingerprint density at radius 3 is 2.64 bits per heavy atom. The fourth-order valence-corrected chi connectivity index (χ4v) is 3.68. The molecule has 144 valence electrons. The van der Waals surface area contributed by atoms with Crippen molar-refractivity contribution in [2.45, 2.75) is 31.8 Å². The van der Waals surface area contributed by atoms with Crippen LogP contribution in [0.25, 0.3) is 0 Å². The van der Waals surface area contributed by atoms with E-state index >= 15 is 0 Å². The maximum absolute atomic E-state index is 12.5. The molecule has 8 heteroatoms. The summed E-state index contributed by atoms with van der Waals surface area (Å²) in [6.45, 7) is -0.638. The molecule has 0 unspecified atom stereocenters. The maximum atomic E-state index is 12.5. The Balaban J connectivity index is 1.43. The van der Waals surface area contributed by atoms with E-state index in [-0.39, 0.29) is 12.6 Å². The Kier molecular flexibility index (Phi) is 4.68. The summed E-state index contributed by atoms with van der Waals surface area (Å²) >= 11 is 0. The maximum Gasteiger partial charge on any atom is 0.335 e. The van der Waals surface area contributed by atoms with Gasteiger partial charge >= 0.3 is 17.8 Å². The van der Waals surface area contributed by atoms with Crippen LogP contribution in [0.4, 0.5) is 4.79 Å². The molecule has 1 N–H and O–H groups in total. The highest BCUT2D eigenvalue weighted by Crippen LogP contribution is 2.29. The SMILES string of the molecule is O=C(CN1C(=O)C(=O)N(Cc2ccco2)C1=O)N[C@H]1CCCc2ccccc21. The summed E-state index contributed by atoms with van der Waals surface area (Å²) in [5.74, 6) is -2.07. The zero-order valence-electron chi connectivity index (χ0n) is 15.1. The van der Waals surface area contributed by atoms with Gasteiger partial charge in [0.1, 0.15) is 12.3 Å². The Morgan fingerprint density at radius 1 is 1.07 bits per heavy atom. The molecule has 1 saturated heterocycles. The van der Waals surface area contributed by atoms with Crippen molar-refractivity contribution in [3.8, 4) is 0 Å². The van der Waals surface area contributed by atoms with Gasteiger partial charge in [0.05, 0.1) is 18.8 Å². The van der Waals surface area contributed by atoms with E-state index in [0.717, 1.165) is 29.7 Å². The van der Waals surface area contributed by atoms with Crippen molar-refractivity contribution in [1.82, 2.24) is 15.1 Å². The summed E-state index contributed by atoms with van der Waals surface area (Å²) in [4.78, 5) is 50.7. The molecule has 2 aliphatic rings. The molecule has 1 aliphatic carbocycles. The number of carbonyl (C=O) groups is 4. The number of benzene rings is 1. The molecule has 0 spiro atoms. The number of furan rings is 1. The van der Waals surface area contributed by atoms with E-state index < -0.39 is 30.3 Å². The number of urea groups is 1. The van der Waals surface area contributed by atoms with Crippen LogP contribution in [0.15, 0.2) is 47.1 Å². The molecule has 1 atom stereocenters. The molecule has 8 nitrogen and oxygen atoms in total. The monoisotopic (exact) mass is 381 g/mol. The number of imide groups is 2. The Labute approximate surface area is 161 Å². The van der Waals surface area contributed by atoms with Crippen LogP contribution in [-0.2, 0) is 27.3 Å². The molecule has 4 rings (SSSR count). The third-order valence-electron chi connectivity index (χ3n) is 5.04. The third kappa shape index (κ3) is 3.28. The molecule has 1 fully saturated rings. The largest absolute Gasteiger partial charge is 0.467 e. The van der Waals surface area contributed by atoms with Gasteiger partial charge in [-0.05, 0) is 42.5 Å². The molecule has 28 heavy (non-hydrogen) atoms. The van der Waals surface area contributed by atoms with Crippen LogP contribution in [0.3, 0.4) is 0 Å². The summed E-state index contributed by atoms with van der Waals surface area (Å²) in [6.07, 6.45) is 4.10. The second-order valence-corrected chi connectivity index (χ2v) is 6.86. The van der Waals surface area contributed by atoms with Crippen molar-refractivity contribution in [2.24, 2.45) is 0 Å². The van der Waals surface area contributed by atoms with E-state index in [9.17, 15) is 19.2 Å². The van der Waals surface area contributed by atoms with Crippen LogP contribution in [0.2, 0.25) is 0 Å². The quantitative estimate of drug-likeness (QED) is 0.628. The molecule has 1 aromatic carbocycles. The van der Waals surface area contributed by atoms with Gasteiger partial charge in [-0.15, -0.1) is 0 Å². The fourth-order valence-electron chi connectivity index (χ4n) is 3.68. The molecular formula is C20H19N3O5. The summed E-state index contributed by atoms with van der Waals surface area (Å²) in [5, 5.41) is 2.88. The Hall–Kier alpha value is -3.42. The second-order valence-electron chi connectivity index (χ2n) is 6.86. The van der Waals surface area contributed by atoms with Crippen molar-refractivity contribution in [3.63, 3.8) is 0 Å². The van der Waals surface area contributed by atoms with Crippen LogP contribution in [-0.4, -0.2) is 40.1 Å². The van der Waals surface area contributed by atoms with Crippen molar-refractivity contribution in [1.29, 1.82) is 0 Å². The summed E-state index contributed by atoms with van der Waals surface area (Å²) in [7, 11) is 0. The summed E-state index contributed by atoms with van der Waals surface area (Å²) < 4.78 is 5.12. The van der Waals surface area contributed by atoms with E-state index in [1.54, 1.807) is 12.1 Å². The number of nitrogens with one attached hydrogen (secondary N) is 1. The summed E-state index contributed by atoms with van der Waals surface area (Å²) in [6, 6.07) is 10.1. The van der Waals surface area contributed by atoms with Gasteiger partial charge in [0.2, 0.25) is 5.91 Å². The molecule has 2 heterocycles. The van der Waals surface area contributed by atoms with E-state index in [2.05, 4.69) is 5.32 Å². The van der Waals surface area contributed by atoms with Gasteiger partial charge in [0.25, 0.3) is 0 Å². The molecular weight excluding hydrogens is 362 g/mol. The van der Waals surface area contributed by atoms with E-state index in [1.165, 1.54) is 11.8 Å². The number of aryl methyl sites for hydroxylation is 1. The van der Waals surface area contributed by atoms with Crippen molar-refractivity contribution < 1.29 is 23.6 Å². The minimum absolute atomic E-state index is 0.148. The van der Waals surface area contributed by atoms with Gasteiger partial charge in [0, 0.05) is 0 Å². The lowest BCUT2D eigenvalue weighted by atomic mass is 9.88. The zero-order valence-corrected chi connectivity index (χ0v) is 15.1. The molecule has 0 bridgehead atoms. The van der Waals surface area contributed by atoms with Gasteiger partial charge in [-0.2, -0.15) is 0 Å². The summed E-state index contributed by atoms with van der Waals surface area (Å²) in [5.41, 5.74) is 2.24. The van der Waals surface area contributed by atoms with E-state index in [0.29, 0.717) is 10.7 Å². The fraction of sp³-hybridized carbons (Fsp3) is 0.300. The van der Waals surface area contributed by atoms with Gasteiger partial charge in [-0.25, -0.2) is 14.6 Å². The minimum Gasteiger partial charge on any atom is -0.467 e. The number of hydrogen-bond donors (Lipinski definition) is 1. The van der Waals surface area contributed by atoms with E-state index in [4.69, 9.17) is 4.42 Å². The molecule has 1 aromatic heterocycles. The number of amides is 5. The molecule has 0 saturated carbocycles. The van der Waals surface area contributed by atoms with Crippen molar-refractivity contribution in [2.75, 3.05) is 6.54 Å². The molecule has 0 radical (unpaired) electrons. The average Bonchev–Trinajstić information content (AvgIpc) is 3.28. The number of carbonyl (C=O) groups excluding carboxylic acids is 4. The zero-order chi connectivity index (χ0) is 19.7. The number of fused-ring (bicyclic) bond motifs is 1. The highest BCUT2D eigenvalue weighted by Gasteiger charge is 2.45. The smallest absolute Gasteiger partial charge is 0.335 e. The number of rotatable bonds is 5. The first-order valence-electron chi connectivity index (χ1n) is 9.11. The lowest BCUT2D eigenvalue weighted by molar-refractivity contribution is -0.144. The third-order valence-corrected chi connectivity index (χ3v) is 5.04. The van der Waals surface area contributed by atoms with Crippen LogP contribution >= 0.6 is 0 Å². The van der Waals surface area contributed by atoms with Crippen LogP contribution in [0, 0.1) is 0 Å². The first-order valence-corrected chi connectivity index (χ1v) is 9.11. The second kappa shape index (κ2) is 7.30. The van der Waals surface area contributed by atoms with Crippen molar-refractivity contribution >= 4 is 23.8 Å². The molecule has 5 amide bonds. The lowest BCUT2D eigenvalue weighted by Crippen LogP contribution is -2.43. The Bertz CT molecular complexity index is 937. The predicted molar refractivity (Wildman–Crippen MR) is 96.6 cm³/mol. The first kappa shape index (κ1) is 18.0. The first-order chi connectivity index (χ1) is 13.5. The Morgan fingerprint density at radius 2 is 1.86 bits per heavy atom. The van der Waals surface area contributed by atoms with Crippen LogP contribution in [0.5, 0.6) is 0 Å². The number of hydrogen-bond acceptors (Lipinski definition) is 5. The predicted octanol–water partition coefficient (Wildman–Crippen LogP) is 1.76. The van der Waals surface area contributed by atoms with Crippen molar-refractivity contribution in [3.05, 3.63) is 59.5 Å². The highest BCUT2D eigenvalue weighted by molar-refractivity contribution is 6.44. The molecule has 1 aliphatic heterocycles. The van der Waals surface area contributed by atoms with Crippen LogP contribution < -0.4 is 5.32 Å². The normalized spacial score (nSPS) is 19.1. The van der Waals surface area contributed by atoms with Crippen LogP contribution in [0.1, 0.15) is 35.8 Å². The average molecular weight is 381 g/mol. The lowest BCUT2D eigenvalue weighted by Gasteiger charge is -2.27. The van der Waals surface area contributed by atoms with Gasteiger partial charge in [-0.1, -0.05) is 24.3 Å². The van der Waals surface area contributed by atoms with E-state index in [1.807, 2.05) is 24.3 Å². The standard InChI is InChI=1S/C20H19N3O5/c24-17(21-16-9-3-6-13-5-1-2-8-15(13)16)12-23-19(26)18(25)22(20(23)27)11-14-7-4-10-28-14/h1-2,4-5,7-8,10,16H,3,6,9,11-12H2,(H,21,24)/t16-/m0/s1. The molecule has 2 aromatic rings. The number of nitrogens with zero attached hydrogens (tertiary/aromatic N) is 2. The van der Waals surface area contributed by atoms with Gasteiger partial charge in [-0.3, -0.25) is 14.4 Å². The van der Waals surface area contributed by atoms with Gasteiger partial charge in [0.15, 0.2) is 0 Å². The highest BCUT2D eigenvalue weighted by atomic mass is 16.3.